The number of nitrogens with one attached hydrogen (secondary N) is 1. The zero-order chi connectivity index (χ0) is 24.6. The largest absolute Gasteiger partial charge is 0.458 e. The summed E-state index contributed by atoms with van der Waals surface area (Å²) in [7, 11) is 0. The van der Waals surface area contributed by atoms with Gasteiger partial charge in [0.25, 0.3) is 0 Å². The van der Waals surface area contributed by atoms with Gasteiger partial charge in [0.15, 0.2) is 0 Å². The van der Waals surface area contributed by atoms with Crippen molar-refractivity contribution in [3.63, 3.8) is 0 Å². The lowest BCUT2D eigenvalue weighted by Crippen LogP contribution is -2.61. The van der Waals surface area contributed by atoms with Crippen molar-refractivity contribution in [2.24, 2.45) is 17.8 Å². The summed E-state index contributed by atoms with van der Waals surface area (Å²) in [6.07, 6.45) is 7.09. The van der Waals surface area contributed by atoms with Crippen molar-refractivity contribution in [2.45, 2.75) is 69.7 Å². The first-order valence-electron chi connectivity index (χ1n) is 12.7. The fraction of sp³-hybridized carbons (Fsp3) is 0.467. The molecule has 5 heteroatoms. The van der Waals surface area contributed by atoms with Gasteiger partial charge in [0.1, 0.15) is 12.3 Å². The normalized spacial score (nSPS) is 29.3. The number of amides is 1. The number of alkyl halides is 1. The summed E-state index contributed by atoms with van der Waals surface area (Å²) < 4.78 is 20.4. The summed E-state index contributed by atoms with van der Waals surface area (Å²) in [5.41, 5.74) is 0.884. The topological polar surface area (TPSA) is 55.4 Å². The minimum Gasteiger partial charge on any atom is -0.458 e. The number of hydrogen-bond donors (Lipinski definition) is 1. The monoisotopic (exact) mass is 475 g/mol. The summed E-state index contributed by atoms with van der Waals surface area (Å²) in [5.74, 6) is 0.556. The van der Waals surface area contributed by atoms with Crippen LogP contribution < -0.4 is 5.32 Å². The highest BCUT2D eigenvalue weighted by Gasteiger charge is 2.56. The minimum atomic E-state index is -1.00. The molecule has 4 aliphatic carbocycles. The van der Waals surface area contributed by atoms with E-state index in [1.165, 1.54) is 6.08 Å². The summed E-state index contributed by atoms with van der Waals surface area (Å²) in [6.45, 7) is 4.07. The van der Waals surface area contributed by atoms with E-state index in [9.17, 15) is 9.59 Å². The molecule has 0 radical (unpaired) electrons. The van der Waals surface area contributed by atoms with E-state index >= 15 is 4.39 Å². The average molecular weight is 476 g/mol. The predicted molar refractivity (Wildman–Crippen MR) is 134 cm³/mol. The molecule has 2 aromatic rings. The Morgan fingerprint density at radius 2 is 1.77 bits per heavy atom. The van der Waals surface area contributed by atoms with E-state index in [1.54, 1.807) is 6.08 Å². The van der Waals surface area contributed by atoms with E-state index in [-0.39, 0.29) is 30.4 Å². The third-order valence-electron chi connectivity index (χ3n) is 8.31. The van der Waals surface area contributed by atoms with Gasteiger partial charge in [-0.1, -0.05) is 54.6 Å². The van der Waals surface area contributed by atoms with Crippen LogP contribution in [0.1, 0.15) is 62.6 Å². The van der Waals surface area contributed by atoms with Crippen molar-refractivity contribution in [2.75, 3.05) is 0 Å². The van der Waals surface area contributed by atoms with Gasteiger partial charge in [-0.05, 0) is 86.5 Å². The standard InChI is InChI=1S/C30H34FNO3/c1-29(2,28(34)32-27-23-13-22-14-24(27)18-30(31,16-22)17-23)25-10-6-9-20(15-25)11-12-26(33)35-19-21-7-4-3-5-8-21/h3-12,15,22-24,27H,13-14,16-19H2,1-2H3,(H,32,34)/b12-11+/t22?,23-,24+,27?,30?. The maximum Gasteiger partial charge on any atom is 0.331 e. The highest BCUT2D eigenvalue weighted by molar-refractivity contribution is 5.89. The summed E-state index contributed by atoms with van der Waals surface area (Å²) in [4.78, 5) is 25.6. The van der Waals surface area contributed by atoms with Gasteiger partial charge in [0, 0.05) is 12.1 Å². The molecule has 6 rings (SSSR count). The Morgan fingerprint density at radius 3 is 2.46 bits per heavy atom. The molecule has 184 valence electrons. The highest BCUT2D eigenvalue weighted by Crippen LogP contribution is 2.57. The lowest BCUT2D eigenvalue weighted by Gasteiger charge is -2.57. The van der Waals surface area contributed by atoms with Crippen LogP contribution in [-0.2, 0) is 26.3 Å². The predicted octanol–water partition coefficient (Wildman–Crippen LogP) is 5.75. The number of ether oxygens (including phenoxy) is 1. The molecule has 4 aliphatic rings. The van der Waals surface area contributed by atoms with E-state index in [1.807, 2.05) is 68.4 Å². The number of carbonyl (C=O) groups excluding carboxylic acids is 2. The quantitative estimate of drug-likeness (QED) is 0.410. The van der Waals surface area contributed by atoms with Gasteiger partial charge < -0.3 is 10.1 Å². The van der Waals surface area contributed by atoms with Crippen molar-refractivity contribution in [3.05, 3.63) is 77.4 Å². The van der Waals surface area contributed by atoms with Crippen molar-refractivity contribution in [1.29, 1.82) is 0 Å². The Hall–Kier alpha value is -2.95. The van der Waals surface area contributed by atoms with Crippen LogP contribution in [0.25, 0.3) is 6.08 Å². The molecule has 4 nitrogen and oxygen atoms in total. The lowest BCUT2D eigenvalue weighted by molar-refractivity contribution is -0.139. The number of carbonyl (C=O) groups is 2. The second-order valence-corrected chi connectivity index (χ2v) is 11.3. The van der Waals surface area contributed by atoms with E-state index in [0.29, 0.717) is 25.2 Å². The third kappa shape index (κ3) is 5.05. The molecule has 0 spiro atoms. The minimum absolute atomic E-state index is 0.0220. The number of esters is 1. The number of hydrogen-bond acceptors (Lipinski definition) is 3. The Balaban J connectivity index is 1.22. The average Bonchev–Trinajstić information content (AvgIpc) is 2.83. The van der Waals surface area contributed by atoms with Crippen LogP contribution in [0.15, 0.2) is 60.7 Å². The van der Waals surface area contributed by atoms with Gasteiger partial charge in [0.05, 0.1) is 5.41 Å². The van der Waals surface area contributed by atoms with E-state index in [4.69, 9.17) is 4.74 Å². The SMILES string of the molecule is CC(C)(C(=O)NC1[C@@H]2CC3C[C@H]1CC(F)(C3)C2)c1cccc(/C=C/C(=O)OCc2ccccc2)c1. The van der Waals surface area contributed by atoms with Gasteiger partial charge in [-0.2, -0.15) is 0 Å². The molecule has 4 fully saturated rings. The molecule has 5 atom stereocenters. The third-order valence-corrected chi connectivity index (χ3v) is 8.31. The second kappa shape index (κ2) is 9.25. The summed E-state index contributed by atoms with van der Waals surface area (Å²) in [5, 5.41) is 3.32. The summed E-state index contributed by atoms with van der Waals surface area (Å²) in [6, 6.07) is 17.3. The second-order valence-electron chi connectivity index (χ2n) is 11.3. The molecule has 0 aliphatic heterocycles. The molecule has 0 heterocycles. The lowest BCUT2D eigenvalue weighted by atomic mass is 9.53. The van der Waals surface area contributed by atoms with Gasteiger partial charge in [-0.15, -0.1) is 0 Å². The smallest absolute Gasteiger partial charge is 0.331 e. The molecule has 1 amide bonds. The fourth-order valence-electron chi connectivity index (χ4n) is 6.60. The fourth-order valence-corrected chi connectivity index (χ4v) is 6.60. The van der Waals surface area contributed by atoms with E-state index in [0.717, 1.165) is 29.5 Å². The van der Waals surface area contributed by atoms with E-state index < -0.39 is 17.1 Å². The first kappa shape index (κ1) is 23.8. The molecule has 0 saturated heterocycles. The first-order chi connectivity index (χ1) is 16.7. The van der Waals surface area contributed by atoms with Crippen LogP contribution in [0.3, 0.4) is 0 Å². The first-order valence-corrected chi connectivity index (χ1v) is 12.7. The van der Waals surface area contributed by atoms with Crippen LogP contribution in [-0.4, -0.2) is 23.6 Å². The van der Waals surface area contributed by atoms with Crippen molar-refractivity contribution in [3.8, 4) is 0 Å². The Morgan fingerprint density at radius 1 is 1.06 bits per heavy atom. The molecule has 4 saturated carbocycles. The molecular weight excluding hydrogens is 441 g/mol. The molecule has 2 aromatic carbocycles. The number of halogens is 1. The number of benzene rings is 2. The van der Waals surface area contributed by atoms with Crippen LogP contribution in [0.5, 0.6) is 0 Å². The highest BCUT2D eigenvalue weighted by atomic mass is 19.1. The molecule has 4 bridgehead atoms. The summed E-state index contributed by atoms with van der Waals surface area (Å²) >= 11 is 0. The maximum absolute atomic E-state index is 15.1. The van der Waals surface area contributed by atoms with Gasteiger partial charge >= 0.3 is 5.97 Å². The van der Waals surface area contributed by atoms with Gasteiger partial charge in [-0.3, -0.25) is 4.79 Å². The van der Waals surface area contributed by atoms with Crippen molar-refractivity contribution < 1.29 is 18.7 Å². The Labute approximate surface area is 207 Å². The van der Waals surface area contributed by atoms with Crippen LogP contribution >= 0.6 is 0 Å². The van der Waals surface area contributed by atoms with Crippen LogP contribution in [0, 0.1) is 17.8 Å². The molecule has 1 N–H and O–H groups in total. The van der Waals surface area contributed by atoms with Crippen LogP contribution in [0.2, 0.25) is 0 Å². The van der Waals surface area contributed by atoms with Crippen molar-refractivity contribution >= 4 is 18.0 Å². The molecule has 0 aromatic heterocycles. The van der Waals surface area contributed by atoms with Gasteiger partial charge in [0.2, 0.25) is 5.91 Å². The van der Waals surface area contributed by atoms with Crippen LogP contribution in [0.4, 0.5) is 4.39 Å². The Bertz CT molecular complexity index is 1110. The molecular formula is C30H34FNO3. The van der Waals surface area contributed by atoms with Crippen molar-refractivity contribution in [1.82, 2.24) is 5.32 Å². The number of rotatable bonds is 7. The molecule has 3 unspecified atom stereocenters. The van der Waals surface area contributed by atoms with Gasteiger partial charge in [-0.25, -0.2) is 9.18 Å². The van der Waals surface area contributed by atoms with E-state index in [2.05, 4.69) is 5.32 Å². The molecule has 35 heavy (non-hydrogen) atoms. The zero-order valence-corrected chi connectivity index (χ0v) is 20.5. The maximum atomic E-state index is 15.1. The Kier molecular flexibility index (Phi) is 6.29. The zero-order valence-electron chi connectivity index (χ0n) is 20.5.